The van der Waals surface area contributed by atoms with Gasteiger partial charge < -0.3 is 26.0 Å². The summed E-state index contributed by atoms with van der Waals surface area (Å²) in [6.07, 6.45) is 1.99. The normalized spacial score (nSPS) is 27.6. The summed E-state index contributed by atoms with van der Waals surface area (Å²) < 4.78 is 5.61. The lowest BCUT2D eigenvalue weighted by Crippen LogP contribution is -2.67. The van der Waals surface area contributed by atoms with Gasteiger partial charge in [-0.2, -0.15) is 0 Å². The fourth-order valence-corrected chi connectivity index (χ4v) is 4.41. The van der Waals surface area contributed by atoms with E-state index in [-0.39, 0.29) is 30.1 Å². The van der Waals surface area contributed by atoms with E-state index in [0.29, 0.717) is 19.6 Å². The fraction of sp³-hybridized carbons (Fsp3) is 0.682. The maximum Gasteiger partial charge on any atom is 0.238 e. The Morgan fingerprint density at radius 1 is 1.42 bits per heavy atom. The zero-order chi connectivity index (χ0) is 24.1. The Hall–Kier alpha value is -2.79. The van der Waals surface area contributed by atoms with Crippen LogP contribution in [0.4, 0.5) is 0 Å². The molecule has 0 bridgehead atoms. The molecule has 1 fully saturated rings. The van der Waals surface area contributed by atoms with Crippen LogP contribution in [-0.2, 0) is 14.3 Å². The number of hydrogen-bond donors (Lipinski definition) is 3. The van der Waals surface area contributed by atoms with Crippen molar-refractivity contribution in [2.45, 2.75) is 44.9 Å². The smallest absolute Gasteiger partial charge is 0.238 e. The summed E-state index contributed by atoms with van der Waals surface area (Å²) in [5.41, 5.74) is 7.66. The number of amides is 2. The first-order chi connectivity index (χ1) is 15.7. The minimum absolute atomic E-state index is 0.0210. The Balaban J connectivity index is 1.80. The molecule has 3 aliphatic heterocycles. The van der Waals surface area contributed by atoms with Gasteiger partial charge in [-0.05, 0) is 34.0 Å². The molecule has 3 heterocycles. The van der Waals surface area contributed by atoms with Crippen molar-refractivity contribution in [3.8, 4) is 0 Å². The molecule has 0 aromatic rings. The second kappa shape index (κ2) is 10.9. The molecule has 3 unspecified atom stereocenters. The number of guanidine groups is 1. The van der Waals surface area contributed by atoms with E-state index in [4.69, 9.17) is 15.5 Å². The maximum atomic E-state index is 13.0. The third kappa shape index (κ3) is 5.97. The molecule has 0 aromatic heterocycles. The van der Waals surface area contributed by atoms with Gasteiger partial charge in [-0.3, -0.25) is 19.5 Å². The number of nitrogens with one attached hydrogen (secondary N) is 2. The number of hydrogen-bond acceptors (Lipinski definition) is 9. The molecule has 0 spiro atoms. The molecule has 2 amide bonds. The number of aliphatic imine (C=N–C) groups is 3. The second-order valence-electron chi connectivity index (χ2n) is 8.99. The first-order valence-corrected chi connectivity index (χ1v) is 11.3. The highest BCUT2D eigenvalue weighted by molar-refractivity contribution is 6.03. The van der Waals surface area contributed by atoms with Gasteiger partial charge >= 0.3 is 0 Å². The van der Waals surface area contributed by atoms with E-state index in [9.17, 15) is 9.59 Å². The Morgan fingerprint density at radius 2 is 2.18 bits per heavy atom. The molecular formula is C22H36N8O3. The number of ether oxygens (including phenoxy) is 1. The quantitative estimate of drug-likeness (QED) is 0.391. The molecule has 11 nitrogen and oxygen atoms in total. The minimum Gasteiger partial charge on any atom is -0.500 e. The average Bonchev–Trinajstić information content (AvgIpc) is 2.76. The van der Waals surface area contributed by atoms with E-state index in [1.54, 1.807) is 13.3 Å². The number of carbonyl (C=O) groups excluding carboxylic acids is 2. The van der Waals surface area contributed by atoms with E-state index in [1.165, 1.54) is 0 Å². The van der Waals surface area contributed by atoms with Crippen LogP contribution < -0.4 is 16.4 Å². The molecule has 4 N–H and O–H groups in total. The van der Waals surface area contributed by atoms with Gasteiger partial charge in [0, 0.05) is 37.3 Å². The summed E-state index contributed by atoms with van der Waals surface area (Å²) in [6.45, 7) is 6.43. The number of piperazine rings is 1. The first kappa shape index (κ1) is 24.8. The Labute approximate surface area is 195 Å². The van der Waals surface area contributed by atoms with Gasteiger partial charge in [0.15, 0.2) is 0 Å². The number of nitrogens with zero attached hydrogens (tertiary/aromatic N) is 5. The summed E-state index contributed by atoms with van der Waals surface area (Å²) in [5.74, 6) is 0.813. The molecule has 3 rings (SSSR count). The van der Waals surface area contributed by atoms with Crippen LogP contribution in [0.3, 0.4) is 0 Å². The summed E-state index contributed by atoms with van der Waals surface area (Å²) in [6, 6.07) is -1.12. The van der Waals surface area contributed by atoms with Crippen molar-refractivity contribution in [2.24, 2.45) is 26.6 Å². The van der Waals surface area contributed by atoms with Gasteiger partial charge in [0.05, 0.1) is 19.2 Å². The van der Waals surface area contributed by atoms with Crippen LogP contribution in [0, 0.1) is 5.92 Å². The predicted octanol–water partition coefficient (Wildman–Crippen LogP) is -0.650. The highest BCUT2D eigenvalue weighted by atomic mass is 16.5. The largest absolute Gasteiger partial charge is 0.500 e. The molecule has 0 saturated carbocycles. The maximum absolute atomic E-state index is 13.0. The summed E-state index contributed by atoms with van der Waals surface area (Å²) in [5, 5.41) is 5.85. The summed E-state index contributed by atoms with van der Waals surface area (Å²) >= 11 is 0. The first-order valence-electron chi connectivity index (χ1n) is 11.3. The van der Waals surface area contributed by atoms with E-state index in [1.807, 2.05) is 25.9 Å². The van der Waals surface area contributed by atoms with Gasteiger partial charge in [-0.1, -0.05) is 6.92 Å². The molecule has 3 aliphatic rings. The van der Waals surface area contributed by atoms with Crippen molar-refractivity contribution in [1.29, 1.82) is 0 Å². The molecule has 1 saturated heterocycles. The van der Waals surface area contributed by atoms with Crippen LogP contribution in [-0.4, -0.2) is 105 Å². The summed E-state index contributed by atoms with van der Waals surface area (Å²) in [7, 11) is 5.64. The van der Waals surface area contributed by atoms with Crippen LogP contribution in [0.15, 0.2) is 26.3 Å². The van der Waals surface area contributed by atoms with Gasteiger partial charge in [0.25, 0.3) is 0 Å². The molecule has 0 aromatic carbocycles. The van der Waals surface area contributed by atoms with Gasteiger partial charge in [-0.15, -0.1) is 0 Å². The van der Waals surface area contributed by atoms with Crippen LogP contribution in [0.1, 0.15) is 26.7 Å². The third-order valence-electron chi connectivity index (χ3n) is 6.15. The highest BCUT2D eigenvalue weighted by Gasteiger charge is 2.44. The van der Waals surface area contributed by atoms with Gasteiger partial charge in [0.1, 0.15) is 24.0 Å². The highest BCUT2D eigenvalue weighted by Crippen LogP contribution is 2.26. The lowest BCUT2D eigenvalue weighted by atomic mass is 9.96. The van der Waals surface area contributed by atoms with Crippen molar-refractivity contribution < 1.29 is 14.3 Å². The van der Waals surface area contributed by atoms with Crippen molar-refractivity contribution >= 4 is 29.7 Å². The number of dihydropyridines is 1. The monoisotopic (exact) mass is 460 g/mol. The van der Waals surface area contributed by atoms with Crippen LogP contribution >= 0.6 is 0 Å². The lowest BCUT2D eigenvalue weighted by Gasteiger charge is -2.44. The molecule has 0 radical (unpaired) electrons. The SMILES string of the molecule is COC1=C(C)C(CN2C3N=C(N)N=CC3NC(=O)[C@H]2CC(=O)NCCCN(C)C)=NCC1C. The van der Waals surface area contributed by atoms with E-state index in [0.717, 1.165) is 30.0 Å². The third-order valence-corrected chi connectivity index (χ3v) is 6.15. The molecule has 4 atom stereocenters. The average molecular weight is 461 g/mol. The van der Waals surface area contributed by atoms with E-state index < -0.39 is 18.2 Å². The molecule has 0 aliphatic carbocycles. The number of fused-ring (bicyclic) bond motifs is 1. The number of nitrogens with two attached hydrogens (primary N) is 1. The minimum atomic E-state index is -0.705. The van der Waals surface area contributed by atoms with Crippen molar-refractivity contribution in [3.05, 3.63) is 11.3 Å². The Morgan fingerprint density at radius 3 is 2.88 bits per heavy atom. The van der Waals surface area contributed by atoms with Gasteiger partial charge in [0.2, 0.25) is 17.8 Å². The molecule has 11 heteroatoms. The zero-order valence-corrected chi connectivity index (χ0v) is 20.2. The van der Waals surface area contributed by atoms with Crippen molar-refractivity contribution in [3.63, 3.8) is 0 Å². The van der Waals surface area contributed by atoms with Crippen LogP contribution in [0.25, 0.3) is 0 Å². The van der Waals surface area contributed by atoms with E-state index in [2.05, 4.69) is 32.4 Å². The van der Waals surface area contributed by atoms with Crippen LogP contribution in [0.5, 0.6) is 0 Å². The lowest BCUT2D eigenvalue weighted by molar-refractivity contribution is -0.136. The Bertz CT molecular complexity index is 879. The number of rotatable bonds is 9. The standard InChI is InChI=1S/C22H36N8O3/c1-13-10-25-16(14(2)19(13)33-5)12-30-17(9-18(31)24-7-6-8-29(3)4)21(32)27-15-11-26-22(23)28-20(15)30/h11,13,15,17,20H,6-10,12H2,1-5H3,(H2,23,28)(H,24,31)(H,27,32)/t13?,15?,17-,20?/m1/s1. The van der Waals surface area contributed by atoms with Crippen LogP contribution in [0.2, 0.25) is 0 Å². The van der Waals surface area contributed by atoms with E-state index >= 15 is 0 Å². The summed E-state index contributed by atoms with van der Waals surface area (Å²) in [4.78, 5) is 43.0. The second-order valence-corrected chi connectivity index (χ2v) is 8.99. The topological polar surface area (TPSA) is 137 Å². The number of methoxy groups -OCH3 is 1. The molecule has 182 valence electrons. The molecule has 33 heavy (non-hydrogen) atoms. The number of carbonyl (C=O) groups is 2. The van der Waals surface area contributed by atoms with Crippen molar-refractivity contribution in [2.75, 3.05) is 47.4 Å². The zero-order valence-electron chi connectivity index (χ0n) is 20.2. The Kier molecular flexibility index (Phi) is 8.20. The predicted molar refractivity (Wildman–Crippen MR) is 128 cm³/mol. The molecular weight excluding hydrogens is 424 g/mol. The fourth-order valence-electron chi connectivity index (χ4n) is 4.41. The van der Waals surface area contributed by atoms with Crippen molar-refractivity contribution in [1.82, 2.24) is 20.4 Å². The van der Waals surface area contributed by atoms with Gasteiger partial charge in [-0.25, -0.2) is 9.98 Å².